The number of benzene rings is 1. The van der Waals surface area contributed by atoms with Crippen molar-refractivity contribution in [3.8, 4) is 5.75 Å². The third-order valence-electron chi connectivity index (χ3n) is 6.22. The van der Waals surface area contributed by atoms with Crippen LogP contribution < -0.4 is 5.43 Å². The van der Waals surface area contributed by atoms with Gasteiger partial charge in [0.25, 0.3) is 0 Å². The molecule has 0 amide bonds. The van der Waals surface area contributed by atoms with Crippen LogP contribution in [0.25, 0.3) is 0 Å². The molecule has 4 heteroatoms. The number of fused-ring (bicyclic) bond motifs is 1. The average Bonchev–Trinajstić information content (AvgIpc) is 3.05. The SMILES string of the molecule is CCC(C)(C)c1cc([N+]2=NC3C=CC=CC3N2)c(O)c(C(C)(C)CC)c1. The molecule has 1 aliphatic heterocycles. The normalized spacial score (nSPS) is 22.2. The topological polar surface area (TPSA) is 47.6 Å². The lowest BCUT2D eigenvalue weighted by Gasteiger charge is -2.29. The molecule has 0 saturated heterocycles. The number of rotatable bonds is 5. The number of aromatic hydroxyl groups is 1. The molecule has 0 aromatic heterocycles. The van der Waals surface area contributed by atoms with Gasteiger partial charge in [0, 0.05) is 21.6 Å². The van der Waals surface area contributed by atoms with Crippen molar-refractivity contribution in [2.75, 3.05) is 0 Å². The number of hydrogen-bond donors (Lipinski definition) is 2. The van der Waals surface area contributed by atoms with E-state index in [1.54, 1.807) is 4.81 Å². The molecule has 140 valence electrons. The third kappa shape index (κ3) is 3.17. The first-order valence-corrected chi connectivity index (χ1v) is 9.69. The van der Waals surface area contributed by atoms with Gasteiger partial charge in [-0.25, -0.2) is 0 Å². The second-order valence-electron chi connectivity index (χ2n) is 8.71. The van der Waals surface area contributed by atoms with E-state index in [-0.39, 0.29) is 22.9 Å². The van der Waals surface area contributed by atoms with E-state index in [9.17, 15) is 5.11 Å². The summed E-state index contributed by atoms with van der Waals surface area (Å²) < 4.78 is 0. The maximum Gasteiger partial charge on any atom is 0.306 e. The highest BCUT2D eigenvalue weighted by atomic mass is 16.3. The minimum atomic E-state index is -0.106. The van der Waals surface area contributed by atoms with Gasteiger partial charge in [-0.3, -0.25) is 0 Å². The molecule has 26 heavy (non-hydrogen) atoms. The van der Waals surface area contributed by atoms with Crippen LogP contribution in [0.3, 0.4) is 0 Å². The summed E-state index contributed by atoms with van der Waals surface area (Å²) in [6.45, 7) is 13.3. The van der Waals surface area contributed by atoms with Crippen molar-refractivity contribution in [2.24, 2.45) is 5.11 Å². The van der Waals surface area contributed by atoms with Crippen molar-refractivity contribution in [2.45, 2.75) is 77.3 Å². The predicted octanol–water partition coefficient (Wildman–Crippen LogP) is 5.25. The van der Waals surface area contributed by atoms with Crippen LogP contribution in [0.1, 0.15) is 65.5 Å². The Morgan fingerprint density at radius 2 is 1.69 bits per heavy atom. The van der Waals surface area contributed by atoms with Gasteiger partial charge >= 0.3 is 5.69 Å². The van der Waals surface area contributed by atoms with Crippen LogP contribution in [0, 0.1) is 0 Å². The highest BCUT2D eigenvalue weighted by molar-refractivity contribution is 5.57. The summed E-state index contributed by atoms with van der Waals surface area (Å²) in [6, 6.07) is 4.50. The highest BCUT2D eigenvalue weighted by Crippen LogP contribution is 2.43. The summed E-state index contributed by atoms with van der Waals surface area (Å²) in [7, 11) is 0. The van der Waals surface area contributed by atoms with Gasteiger partial charge in [-0.15, -0.1) is 0 Å². The summed E-state index contributed by atoms with van der Waals surface area (Å²) >= 11 is 0. The quantitative estimate of drug-likeness (QED) is 0.710. The first-order chi connectivity index (χ1) is 12.2. The van der Waals surface area contributed by atoms with Gasteiger partial charge in [0.2, 0.25) is 0 Å². The second-order valence-corrected chi connectivity index (χ2v) is 8.71. The van der Waals surface area contributed by atoms with E-state index in [4.69, 9.17) is 5.11 Å². The standard InChI is InChI=1S/C22H31N3O/c1-7-21(3,4)15-13-16(22(5,6)8-2)20(26)19(14-15)25-23-17-11-9-10-12-18(17)24-25/h9-14,17-18H,7-8H2,1-6H3,(H-,23,24,26)/p+1. The fraction of sp³-hybridized carbons (Fsp3) is 0.545. The lowest BCUT2D eigenvalue weighted by atomic mass is 9.76. The molecule has 0 radical (unpaired) electrons. The van der Waals surface area contributed by atoms with E-state index >= 15 is 0 Å². The van der Waals surface area contributed by atoms with Crippen LogP contribution in [0.15, 0.2) is 41.6 Å². The van der Waals surface area contributed by atoms with E-state index in [0.29, 0.717) is 5.75 Å². The minimum Gasteiger partial charge on any atom is -0.502 e. The largest absolute Gasteiger partial charge is 0.502 e. The molecule has 1 aliphatic carbocycles. The van der Waals surface area contributed by atoms with E-state index in [1.807, 2.05) is 12.2 Å². The highest BCUT2D eigenvalue weighted by Gasteiger charge is 2.38. The van der Waals surface area contributed by atoms with Gasteiger partial charge in [-0.2, -0.15) is 5.43 Å². The molecule has 0 saturated carbocycles. The molecular formula is C22H32N3O+. The van der Waals surface area contributed by atoms with Crippen LogP contribution in [0.4, 0.5) is 5.69 Å². The summed E-state index contributed by atoms with van der Waals surface area (Å²) in [5.74, 6) is 0.329. The summed E-state index contributed by atoms with van der Waals surface area (Å²) in [6.07, 6.45) is 10.3. The van der Waals surface area contributed by atoms with E-state index in [1.165, 1.54) is 5.56 Å². The van der Waals surface area contributed by atoms with Crippen molar-refractivity contribution < 1.29 is 9.91 Å². The lowest BCUT2D eigenvalue weighted by Crippen LogP contribution is -2.33. The molecule has 1 aromatic rings. The Balaban J connectivity index is 2.16. The fourth-order valence-electron chi connectivity index (χ4n) is 3.35. The first-order valence-electron chi connectivity index (χ1n) is 9.69. The van der Waals surface area contributed by atoms with Crippen molar-refractivity contribution in [3.05, 3.63) is 47.6 Å². The number of phenolic OH excluding ortho intramolecular Hbond substituents is 1. The second kappa shape index (κ2) is 6.57. The zero-order valence-corrected chi connectivity index (χ0v) is 16.9. The van der Waals surface area contributed by atoms with Crippen molar-refractivity contribution in [3.63, 3.8) is 0 Å². The monoisotopic (exact) mass is 354 g/mol. The number of hydrogen-bond acceptors (Lipinski definition) is 3. The molecule has 1 heterocycles. The maximum atomic E-state index is 11.1. The number of azo groups is 1. The van der Waals surface area contributed by atoms with E-state index in [2.05, 4.69) is 71.3 Å². The van der Waals surface area contributed by atoms with E-state index in [0.717, 1.165) is 24.1 Å². The number of nitrogens with one attached hydrogen (secondary N) is 1. The third-order valence-corrected chi connectivity index (χ3v) is 6.22. The Labute approximate surface area is 157 Å². The predicted molar refractivity (Wildman–Crippen MR) is 106 cm³/mol. The Bertz CT molecular complexity index is 787. The van der Waals surface area contributed by atoms with Gasteiger partial charge in [-0.1, -0.05) is 71.9 Å². The Morgan fingerprint density at radius 3 is 2.31 bits per heavy atom. The van der Waals surface area contributed by atoms with Crippen LogP contribution in [0.5, 0.6) is 5.75 Å². The summed E-state index contributed by atoms with van der Waals surface area (Å²) in [4.78, 5) is 1.77. The molecule has 4 nitrogen and oxygen atoms in total. The van der Waals surface area contributed by atoms with Crippen LogP contribution in [-0.2, 0) is 10.8 Å². The fourth-order valence-corrected chi connectivity index (χ4v) is 3.35. The smallest absolute Gasteiger partial charge is 0.306 e. The molecule has 2 unspecified atom stereocenters. The minimum absolute atomic E-state index is 0.0350. The molecular weight excluding hydrogens is 322 g/mol. The lowest BCUT2D eigenvalue weighted by molar-refractivity contribution is -0.561. The first kappa shape index (κ1) is 18.7. The van der Waals surface area contributed by atoms with Crippen molar-refractivity contribution >= 4 is 5.69 Å². The molecule has 0 spiro atoms. The molecule has 1 aromatic carbocycles. The van der Waals surface area contributed by atoms with Gasteiger partial charge < -0.3 is 5.11 Å². The Kier molecular flexibility index (Phi) is 4.72. The molecule has 0 fully saturated rings. The van der Waals surface area contributed by atoms with Crippen molar-refractivity contribution in [1.82, 2.24) is 5.43 Å². The number of hydrazine groups is 1. The molecule has 3 rings (SSSR count). The zero-order valence-electron chi connectivity index (χ0n) is 16.9. The maximum absolute atomic E-state index is 11.1. The summed E-state index contributed by atoms with van der Waals surface area (Å²) in [5.41, 5.74) is 6.32. The van der Waals surface area contributed by atoms with Gasteiger partial charge in [0.05, 0.1) is 0 Å². The van der Waals surface area contributed by atoms with Crippen LogP contribution >= 0.6 is 0 Å². The zero-order chi connectivity index (χ0) is 19.1. The number of nitrogens with zero attached hydrogens (tertiary/aromatic N) is 2. The van der Waals surface area contributed by atoms with Gasteiger partial charge in [-0.05, 0) is 29.2 Å². The van der Waals surface area contributed by atoms with E-state index < -0.39 is 0 Å². The molecule has 2 atom stereocenters. The average molecular weight is 355 g/mol. The molecule has 2 aliphatic rings. The van der Waals surface area contributed by atoms with Crippen LogP contribution in [0.2, 0.25) is 0 Å². The van der Waals surface area contributed by atoms with Gasteiger partial charge in [0.15, 0.2) is 11.8 Å². The number of phenols is 1. The summed E-state index contributed by atoms with van der Waals surface area (Å²) in [5, 5.41) is 15.9. The van der Waals surface area contributed by atoms with Gasteiger partial charge in [0.1, 0.15) is 6.04 Å². The molecule has 0 bridgehead atoms. The number of allylic oxidation sites excluding steroid dienone is 2. The van der Waals surface area contributed by atoms with Crippen molar-refractivity contribution in [1.29, 1.82) is 0 Å². The Hall–Kier alpha value is -2.10. The van der Waals surface area contributed by atoms with Crippen LogP contribution in [-0.4, -0.2) is 22.0 Å². The molecule has 2 N–H and O–H groups in total. The Morgan fingerprint density at radius 1 is 1.04 bits per heavy atom.